The van der Waals surface area contributed by atoms with Crippen molar-refractivity contribution in [2.24, 2.45) is 0 Å². The Balaban J connectivity index is 2.39. The molecule has 4 heteroatoms. The van der Waals surface area contributed by atoms with Crippen molar-refractivity contribution in [1.82, 2.24) is 5.32 Å². The van der Waals surface area contributed by atoms with E-state index in [-0.39, 0.29) is 11.5 Å². The van der Waals surface area contributed by atoms with Gasteiger partial charge in [-0.05, 0) is 24.1 Å². The third kappa shape index (κ3) is 4.51. The average Bonchev–Trinajstić information content (AvgIpc) is 2.30. The summed E-state index contributed by atoms with van der Waals surface area (Å²) in [4.78, 5) is 21.7. The molecule has 0 aliphatic carbocycles. The predicted molar refractivity (Wildman–Crippen MR) is 64.9 cm³/mol. The van der Waals surface area contributed by atoms with Crippen LogP contribution >= 0.6 is 0 Å². The van der Waals surface area contributed by atoms with Gasteiger partial charge < -0.3 is 10.4 Å². The number of carbonyl (C=O) groups excluding carboxylic acids is 1. The first-order valence-corrected chi connectivity index (χ1v) is 5.33. The Labute approximate surface area is 100.0 Å². The maximum Gasteiger partial charge on any atom is 0.335 e. The van der Waals surface area contributed by atoms with Crippen LogP contribution < -0.4 is 5.32 Å². The van der Waals surface area contributed by atoms with E-state index < -0.39 is 5.97 Å². The molecule has 0 aliphatic rings. The Morgan fingerprint density at radius 3 is 2.47 bits per heavy atom. The van der Waals surface area contributed by atoms with Crippen LogP contribution in [0.4, 0.5) is 0 Å². The van der Waals surface area contributed by atoms with E-state index in [1.54, 1.807) is 30.3 Å². The first kappa shape index (κ1) is 13.0. The Kier molecular flexibility index (Phi) is 4.94. The summed E-state index contributed by atoms with van der Waals surface area (Å²) in [7, 11) is 0. The van der Waals surface area contributed by atoms with Gasteiger partial charge in [0.2, 0.25) is 5.91 Å². The highest BCUT2D eigenvalue weighted by atomic mass is 16.4. The summed E-state index contributed by atoms with van der Waals surface area (Å²) in [6, 6.07) is 6.62. The molecule has 0 unspecified atom stereocenters. The van der Waals surface area contributed by atoms with Crippen molar-refractivity contribution in [1.29, 1.82) is 0 Å². The SMILES string of the molecule is C=CCC(=O)NCCc1ccc(C(=O)O)cc1. The molecule has 0 fully saturated rings. The second-order valence-electron chi connectivity index (χ2n) is 3.59. The van der Waals surface area contributed by atoms with Crippen LogP contribution in [0.15, 0.2) is 36.9 Å². The summed E-state index contributed by atoms with van der Waals surface area (Å²) >= 11 is 0. The molecule has 0 spiro atoms. The lowest BCUT2D eigenvalue weighted by Gasteiger charge is -2.04. The molecule has 1 rings (SSSR count). The highest BCUT2D eigenvalue weighted by Crippen LogP contribution is 2.04. The number of nitrogens with one attached hydrogen (secondary N) is 1. The number of aromatic carboxylic acids is 1. The van der Waals surface area contributed by atoms with Gasteiger partial charge in [0, 0.05) is 13.0 Å². The van der Waals surface area contributed by atoms with Gasteiger partial charge in [0.05, 0.1) is 5.56 Å². The van der Waals surface area contributed by atoms with Gasteiger partial charge in [-0.3, -0.25) is 4.79 Å². The minimum Gasteiger partial charge on any atom is -0.478 e. The van der Waals surface area contributed by atoms with Crippen molar-refractivity contribution in [2.75, 3.05) is 6.54 Å². The monoisotopic (exact) mass is 233 g/mol. The minimum atomic E-state index is -0.934. The molecule has 90 valence electrons. The van der Waals surface area contributed by atoms with Crippen molar-refractivity contribution < 1.29 is 14.7 Å². The quantitative estimate of drug-likeness (QED) is 0.734. The van der Waals surface area contributed by atoms with Gasteiger partial charge in [-0.15, -0.1) is 6.58 Å². The van der Waals surface area contributed by atoms with E-state index in [9.17, 15) is 9.59 Å². The largest absolute Gasteiger partial charge is 0.478 e. The summed E-state index contributed by atoms with van der Waals surface area (Å²) in [6.07, 6.45) is 2.55. The van der Waals surface area contributed by atoms with Crippen LogP contribution in [0.5, 0.6) is 0 Å². The lowest BCUT2D eigenvalue weighted by atomic mass is 10.1. The number of benzene rings is 1. The average molecular weight is 233 g/mol. The maximum absolute atomic E-state index is 11.1. The lowest BCUT2D eigenvalue weighted by Crippen LogP contribution is -2.24. The molecule has 0 atom stereocenters. The van der Waals surface area contributed by atoms with Crippen molar-refractivity contribution in [3.63, 3.8) is 0 Å². The number of carboxylic acid groups (broad SMARTS) is 1. The lowest BCUT2D eigenvalue weighted by molar-refractivity contribution is -0.120. The molecule has 0 bridgehead atoms. The summed E-state index contributed by atoms with van der Waals surface area (Å²) < 4.78 is 0. The van der Waals surface area contributed by atoms with Gasteiger partial charge in [0.15, 0.2) is 0 Å². The zero-order chi connectivity index (χ0) is 12.7. The van der Waals surface area contributed by atoms with Gasteiger partial charge in [0.1, 0.15) is 0 Å². The number of carboxylic acids is 1. The zero-order valence-electron chi connectivity index (χ0n) is 9.48. The van der Waals surface area contributed by atoms with Crippen molar-refractivity contribution in [3.05, 3.63) is 48.0 Å². The summed E-state index contributed by atoms with van der Waals surface area (Å²) in [6.45, 7) is 4.02. The van der Waals surface area contributed by atoms with Crippen LogP contribution in [0.1, 0.15) is 22.3 Å². The van der Waals surface area contributed by atoms with Gasteiger partial charge >= 0.3 is 5.97 Å². The molecule has 0 heterocycles. The predicted octanol–water partition coefficient (Wildman–Crippen LogP) is 1.62. The van der Waals surface area contributed by atoms with Crippen LogP contribution in [-0.4, -0.2) is 23.5 Å². The summed E-state index contributed by atoms with van der Waals surface area (Å²) in [5, 5.41) is 11.5. The zero-order valence-corrected chi connectivity index (χ0v) is 9.48. The van der Waals surface area contributed by atoms with Crippen molar-refractivity contribution >= 4 is 11.9 Å². The first-order chi connectivity index (χ1) is 8.13. The maximum atomic E-state index is 11.1. The fraction of sp³-hybridized carbons (Fsp3) is 0.231. The Morgan fingerprint density at radius 1 is 1.29 bits per heavy atom. The van der Waals surface area contributed by atoms with E-state index >= 15 is 0 Å². The van der Waals surface area contributed by atoms with Crippen LogP contribution in [0.3, 0.4) is 0 Å². The van der Waals surface area contributed by atoms with Crippen molar-refractivity contribution in [2.45, 2.75) is 12.8 Å². The molecule has 0 saturated carbocycles. The van der Waals surface area contributed by atoms with Crippen molar-refractivity contribution in [3.8, 4) is 0 Å². The molecule has 2 N–H and O–H groups in total. The number of hydrogen-bond donors (Lipinski definition) is 2. The molecule has 0 radical (unpaired) electrons. The number of hydrogen-bond acceptors (Lipinski definition) is 2. The first-order valence-electron chi connectivity index (χ1n) is 5.33. The Bertz CT molecular complexity index is 409. The number of carbonyl (C=O) groups is 2. The number of amides is 1. The molecule has 17 heavy (non-hydrogen) atoms. The van der Waals surface area contributed by atoms with Crippen LogP contribution in [0.25, 0.3) is 0 Å². The van der Waals surface area contributed by atoms with Gasteiger partial charge in [-0.2, -0.15) is 0 Å². The molecule has 1 aromatic carbocycles. The standard InChI is InChI=1S/C13H15NO3/c1-2-3-12(15)14-9-8-10-4-6-11(7-5-10)13(16)17/h2,4-7H,1,3,8-9H2,(H,14,15)(H,16,17). The molecule has 0 aromatic heterocycles. The molecule has 1 aromatic rings. The summed E-state index contributed by atoms with van der Waals surface area (Å²) in [5.74, 6) is -0.988. The van der Waals surface area contributed by atoms with E-state index in [2.05, 4.69) is 11.9 Å². The highest BCUT2D eigenvalue weighted by molar-refractivity contribution is 5.87. The van der Waals surface area contributed by atoms with Crippen LogP contribution in [0.2, 0.25) is 0 Å². The molecule has 0 saturated heterocycles. The molecular weight excluding hydrogens is 218 g/mol. The Hall–Kier alpha value is -2.10. The normalized spacial score (nSPS) is 9.65. The molecule has 4 nitrogen and oxygen atoms in total. The van der Waals surface area contributed by atoms with Gasteiger partial charge in [-0.1, -0.05) is 18.2 Å². The van der Waals surface area contributed by atoms with Gasteiger partial charge in [0.25, 0.3) is 0 Å². The van der Waals surface area contributed by atoms with E-state index in [0.29, 0.717) is 19.4 Å². The van der Waals surface area contributed by atoms with Gasteiger partial charge in [-0.25, -0.2) is 4.79 Å². The second kappa shape index (κ2) is 6.48. The van der Waals surface area contributed by atoms with Crippen LogP contribution in [0, 0.1) is 0 Å². The fourth-order valence-electron chi connectivity index (χ4n) is 1.36. The fourth-order valence-corrected chi connectivity index (χ4v) is 1.36. The van der Waals surface area contributed by atoms with Crippen LogP contribution in [-0.2, 0) is 11.2 Å². The topological polar surface area (TPSA) is 66.4 Å². The molecular formula is C13H15NO3. The van der Waals surface area contributed by atoms with E-state index in [4.69, 9.17) is 5.11 Å². The van der Waals surface area contributed by atoms with E-state index in [1.165, 1.54) is 0 Å². The highest BCUT2D eigenvalue weighted by Gasteiger charge is 2.02. The molecule has 1 amide bonds. The Morgan fingerprint density at radius 2 is 1.94 bits per heavy atom. The second-order valence-corrected chi connectivity index (χ2v) is 3.59. The molecule has 0 aliphatic heterocycles. The smallest absolute Gasteiger partial charge is 0.335 e. The van der Waals surface area contributed by atoms with E-state index in [0.717, 1.165) is 5.56 Å². The number of rotatable bonds is 6. The minimum absolute atomic E-state index is 0.0536. The van der Waals surface area contributed by atoms with E-state index in [1.807, 2.05) is 0 Å². The third-order valence-corrected chi connectivity index (χ3v) is 2.27. The summed E-state index contributed by atoms with van der Waals surface area (Å²) in [5.41, 5.74) is 1.26. The third-order valence-electron chi connectivity index (χ3n) is 2.27.